The van der Waals surface area contributed by atoms with Crippen LogP contribution >= 0.6 is 11.3 Å². The summed E-state index contributed by atoms with van der Waals surface area (Å²) in [6, 6.07) is 5.27. The van der Waals surface area contributed by atoms with Crippen molar-refractivity contribution in [2.75, 3.05) is 5.73 Å². The van der Waals surface area contributed by atoms with Gasteiger partial charge in [0.15, 0.2) is 0 Å². The highest BCUT2D eigenvalue weighted by Gasteiger charge is 2.16. The molecule has 0 aliphatic rings. The van der Waals surface area contributed by atoms with E-state index < -0.39 is 0 Å². The highest BCUT2D eigenvalue weighted by Crippen LogP contribution is 2.21. The summed E-state index contributed by atoms with van der Waals surface area (Å²) in [5.74, 6) is -0.115. The number of aromatic nitrogens is 1. The Morgan fingerprint density at radius 2 is 2.25 bits per heavy atom. The molecule has 3 N–H and O–H groups in total. The van der Waals surface area contributed by atoms with Gasteiger partial charge in [-0.05, 0) is 38.0 Å². The quantitative estimate of drug-likeness (QED) is 0.850. The van der Waals surface area contributed by atoms with Crippen LogP contribution in [0.3, 0.4) is 0 Å². The predicted molar refractivity (Wildman–Crippen MR) is 83.0 cm³/mol. The molecule has 0 fully saturated rings. The minimum atomic E-state index is -0.115. The molecule has 1 aromatic carbocycles. The molecule has 0 spiro atoms. The fraction of sp³-hybridized carbons (Fsp3) is 0.333. The molecule has 0 saturated heterocycles. The van der Waals surface area contributed by atoms with E-state index in [-0.39, 0.29) is 11.9 Å². The highest BCUT2D eigenvalue weighted by atomic mass is 32.1. The zero-order valence-corrected chi connectivity index (χ0v) is 12.8. The molecule has 1 unspecified atom stereocenters. The van der Waals surface area contributed by atoms with Gasteiger partial charge in [0.05, 0.1) is 6.04 Å². The molecule has 20 heavy (non-hydrogen) atoms. The number of anilines is 1. The molecule has 0 saturated carbocycles. The average molecular weight is 289 g/mol. The summed E-state index contributed by atoms with van der Waals surface area (Å²) in [5, 5.41) is 3.90. The second-order valence-electron chi connectivity index (χ2n) is 4.73. The lowest BCUT2D eigenvalue weighted by Crippen LogP contribution is -2.27. The number of rotatable bonds is 4. The van der Waals surface area contributed by atoms with Crippen molar-refractivity contribution in [2.24, 2.45) is 0 Å². The Kier molecular flexibility index (Phi) is 4.39. The number of carbonyl (C=O) groups excluding carboxylic acids is 1. The summed E-state index contributed by atoms with van der Waals surface area (Å²) in [7, 11) is 0. The number of hydrogen-bond acceptors (Lipinski definition) is 4. The fourth-order valence-electron chi connectivity index (χ4n) is 1.92. The van der Waals surface area contributed by atoms with Crippen LogP contribution in [0.2, 0.25) is 0 Å². The van der Waals surface area contributed by atoms with E-state index in [1.54, 1.807) is 29.5 Å². The first-order valence-corrected chi connectivity index (χ1v) is 7.45. The number of nitrogens with two attached hydrogens (primary N) is 1. The Morgan fingerprint density at radius 1 is 1.50 bits per heavy atom. The summed E-state index contributed by atoms with van der Waals surface area (Å²) < 4.78 is 0. The molecule has 0 radical (unpaired) electrons. The van der Waals surface area contributed by atoms with Crippen LogP contribution in [0, 0.1) is 6.92 Å². The maximum absolute atomic E-state index is 12.3. The number of amides is 1. The van der Waals surface area contributed by atoms with Gasteiger partial charge in [0.25, 0.3) is 5.91 Å². The van der Waals surface area contributed by atoms with Gasteiger partial charge >= 0.3 is 0 Å². The van der Waals surface area contributed by atoms with E-state index in [4.69, 9.17) is 5.73 Å². The van der Waals surface area contributed by atoms with Crippen molar-refractivity contribution in [1.29, 1.82) is 0 Å². The molecular formula is C15H19N3OS. The van der Waals surface area contributed by atoms with Crippen LogP contribution < -0.4 is 11.1 Å². The Hall–Kier alpha value is -1.88. The molecule has 106 valence electrons. The predicted octanol–water partition coefficient (Wildman–Crippen LogP) is 3.09. The van der Waals surface area contributed by atoms with Gasteiger partial charge in [-0.15, -0.1) is 11.3 Å². The lowest BCUT2D eigenvalue weighted by Gasteiger charge is -2.13. The molecule has 2 rings (SSSR count). The first kappa shape index (κ1) is 14.5. The molecule has 0 aliphatic carbocycles. The maximum atomic E-state index is 12.3. The molecule has 1 amide bonds. The fourth-order valence-corrected chi connectivity index (χ4v) is 2.78. The van der Waals surface area contributed by atoms with Crippen molar-refractivity contribution in [3.05, 3.63) is 45.4 Å². The van der Waals surface area contributed by atoms with Crippen LogP contribution in [-0.4, -0.2) is 10.9 Å². The van der Waals surface area contributed by atoms with Crippen molar-refractivity contribution in [2.45, 2.75) is 33.2 Å². The second kappa shape index (κ2) is 6.05. The normalized spacial score (nSPS) is 12.2. The summed E-state index contributed by atoms with van der Waals surface area (Å²) >= 11 is 1.63. The molecule has 0 bridgehead atoms. The van der Waals surface area contributed by atoms with Crippen molar-refractivity contribution in [3.8, 4) is 0 Å². The van der Waals surface area contributed by atoms with E-state index in [0.717, 1.165) is 17.0 Å². The molecule has 1 aromatic heterocycles. The molecule has 1 atom stereocenters. The SMILES string of the molecule is CCc1cnc(C(C)NC(=O)c2cccc(N)c2C)s1. The number of hydrogen-bond donors (Lipinski definition) is 2. The van der Waals surface area contributed by atoms with Gasteiger partial charge in [-0.3, -0.25) is 4.79 Å². The van der Waals surface area contributed by atoms with Gasteiger partial charge < -0.3 is 11.1 Å². The third-order valence-electron chi connectivity index (χ3n) is 3.26. The molecular weight excluding hydrogens is 270 g/mol. The van der Waals surface area contributed by atoms with E-state index >= 15 is 0 Å². The van der Waals surface area contributed by atoms with Crippen LogP contribution in [0.1, 0.15) is 45.7 Å². The minimum absolute atomic E-state index is 0.103. The smallest absolute Gasteiger partial charge is 0.252 e. The molecule has 1 heterocycles. The largest absolute Gasteiger partial charge is 0.398 e. The first-order chi connectivity index (χ1) is 9.52. The number of nitrogens with one attached hydrogen (secondary N) is 1. The maximum Gasteiger partial charge on any atom is 0.252 e. The summed E-state index contributed by atoms with van der Waals surface area (Å²) in [5.41, 5.74) is 7.89. The monoisotopic (exact) mass is 289 g/mol. The highest BCUT2D eigenvalue weighted by molar-refractivity contribution is 7.11. The Balaban J connectivity index is 2.13. The summed E-state index contributed by atoms with van der Waals surface area (Å²) in [4.78, 5) is 17.9. The lowest BCUT2D eigenvalue weighted by atomic mass is 10.1. The Bertz CT molecular complexity index is 621. The van der Waals surface area contributed by atoms with E-state index in [2.05, 4.69) is 17.2 Å². The van der Waals surface area contributed by atoms with Crippen molar-refractivity contribution in [3.63, 3.8) is 0 Å². The second-order valence-corrected chi connectivity index (χ2v) is 5.88. The number of nitrogens with zero attached hydrogens (tertiary/aromatic N) is 1. The van der Waals surface area contributed by atoms with Crippen LogP contribution in [0.25, 0.3) is 0 Å². The first-order valence-electron chi connectivity index (χ1n) is 6.63. The molecule has 5 heteroatoms. The summed E-state index contributed by atoms with van der Waals surface area (Å²) in [6.45, 7) is 5.89. The Morgan fingerprint density at radius 3 is 2.90 bits per heavy atom. The lowest BCUT2D eigenvalue weighted by molar-refractivity contribution is 0.0939. The molecule has 2 aromatic rings. The van der Waals surface area contributed by atoms with Gasteiger partial charge in [-0.2, -0.15) is 0 Å². The number of carbonyl (C=O) groups is 1. The third-order valence-corrected chi connectivity index (χ3v) is 4.58. The van der Waals surface area contributed by atoms with Crippen molar-refractivity contribution < 1.29 is 4.79 Å². The van der Waals surface area contributed by atoms with Crippen molar-refractivity contribution >= 4 is 22.9 Å². The van der Waals surface area contributed by atoms with Gasteiger partial charge in [0.1, 0.15) is 5.01 Å². The van der Waals surface area contributed by atoms with E-state index in [1.165, 1.54) is 4.88 Å². The van der Waals surface area contributed by atoms with E-state index in [9.17, 15) is 4.79 Å². The zero-order valence-electron chi connectivity index (χ0n) is 11.9. The van der Waals surface area contributed by atoms with Crippen LogP contribution in [0.4, 0.5) is 5.69 Å². The molecule has 0 aliphatic heterocycles. The van der Waals surface area contributed by atoms with Gasteiger partial charge in [0.2, 0.25) is 0 Å². The summed E-state index contributed by atoms with van der Waals surface area (Å²) in [6.07, 6.45) is 2.83. The van der Waals surface area contributed by atoms with Gasteiger partial charge in [-0.1, -0.05) is 13.0 Å². The number of nitrogen functional groups attached to an aromatic ring is 1. The standard InChI is InChI=1S/C15H19N3OS/c1-4-11-8-17-15(20-11)10(3)18-14(19)12-6-5-7-13(16)9(12)2/h5-8,10H,4,16H2,1-3H3,(H,18,19). The molecule has 4 nitrogen and oxygen atoms in total. The Labute approximate surface area is 123 Å². The number of benzene rings is 1. The van der Waals surface area contributed by atoms with Crippen LogP contribution in [-0.2, 0) is 6.42 Å². The minimum Gasteiger partial charge on any atom is -0.398 e. The van der Waals surface area contributed by atoms with Crippen molar-refractivity contribution in [1.82, 2.24) is 10.3 Å². The topological polar surface area (TPSA) is 68.0 Å². The van der Waals surface area contributed by atoms with Gasteiger partial charge in [0, 0.05) is 22.3 Å². The third kappa shape index (κ3) is 2.99. The average Bonchev–Trinajstić information content (AvgIpc) is 2.90. The van der Waals surface area contributed by atoms with E-state index in [1.807, 2.05) is 20.0 Å². The van der Waals surface area contributed by atoms with E-state index in [0.29, 0.717) is 11.3 Å². The zero-order chi connectivity index (χ0) is 14.7. The number of aryl methyl sites for hydroxylation is 1. The van der Waals surface area contributed by atoms with Crippen LogP contribution in [0.15, 0.2) is 24.4 Å². The van der Waals surface area contributed by atoms with Gasteiger partial charge in [-0.25, -0.2) is 4.98 Å². The van der Waals surface area contributed by atoms with Crippen LogP contribution in [0.5, 0.6) is 0 Å². The number of thiazole rings is 1.